The van der Waals surface area contributed by atoms with Gasteiger partial charge in [0.05, 0.1) is 23.1 Å². The number of benzene rings is 2. The average molecular weight is 345 g/mol. The predicted molar refractivity (Wildman–Crippen MR) is 90.2 cm³/mol. The molecule has 0 spiro atoms. The molecule has 2 unspecified atom stereocenters. The van der Waals surface area contributed by atoms with Gasteiger partial charge >= 0.3 is 5.97 Å². The Morgan fingerprint density at radius 3 is 2.67 bits per heavy atom. The highest BCUT2D eigenvalue weighted by molar-refractivity contribution is 7.89. The number of sulfonamides is 1. The summed E-state index contributed by atoms with van der Waals surface area (Å²) in [5, 5.41) is 0. The molecule has 2 aromatic rings. The summed E-state index contributed by atoms with van der Waals surface area (Å²) in [4.78, 5) is 12.0. The highest BCUT2D eigenvalue weighted by atomic mass is 32.2. The number of carbonyl (C=O) groups excluding carboxylic acids is 1. The van der Waals surface area contributed by atoms with E-state index in [1.807, 2.05) is 31.2 Å². The van der Waals surface area contributed by atoms with Crippen molar-refractivity contribution in [3.8, 4) is 0 Å². The van der Waals surface area contributed by atoms with E-state index < -0.39 is 16.0 Å². The van der Waals surface area contributed by atoms with Crippen molar-refractivity contribution in [1.29, 1.82) is 0 Å². The fourth-order valence-electron chi connectivity index (χ4n) is 2.73. The summed E-state index contributed by atoms with van der Waals surface area (Å²) in [7, 11) is -3.74. The van der Waals surface area contributed by atoms with Gasteiger partial charge in [0.2, 0.25) is 10.0 Å². The molecule has 0 aliphatic carbocycles. The molecule has 5 nitrogen and oxygen atoms in total. The molecule has 0 saturated carbocycles. The molecule has 2 atom stereocenters. The van der Waals surface area contributed by atoms with Gasteiger partial charge in [-0.05, 0) is 31.5 Å². The Morgan fingerprint density at radius 2 is 1.96 bits per heavy atom. The molecule has 1 fully saturated rings. The molecule has 6 heteroatoms. The Hall–Kier alpha value is -2.18. The smallest absolute Gasteiger partial charge is 0.339 e. The van der Waals surface area contributed by atoms with Gasteiger partial charge in [-0.25, -0.2) is 13.2 Å². The van der Waals surface area contributed by atoms with Gasteiger partial charge in [0.25, 0.3) is 0 Å². The van der Waals surface area contributed by atoms with Gasteiger partial charge in [-0.15, -0.1) is 0 Å². The fraction of sp³-hybridized carbons (Fsp3) is 0.278. The van der Waals surface area contributed by atoms with Crippen LogP contribution in [0.5, 0.6) is 0 Å². The zero-order valence-electron chi connectivity index (χ0n) is 13.6. The molecule has 1 aliphatic heterocycles. The largest absolute Gasteiger partial charge is 0.462 e. The van der Waals surface area contributed by atoms with Gasteiger partial charge in [0.15, 0.2) is 0 Å². The lowest BCUT2D eigenvalue weighted by Gasteiger charge is -2.11. The summed E-state index contributed by atoms with van der Waals surface area (Å²) in [5.74, 6) is -0.620. The third-order valence-corrected chi connectivity index (χ3v) is 5.90. The quantitative estimate of drug-likeness (QED) is 0.617. The van der Waals surface area contributed by atoms with Gasteiger partial charge in [-0.2, -0.15) is 4.31 Å². The van der Waals surface area contributed by atoms with Crippen molar-refractivity contribution in [2.75, 3.05) is 13.2 Å². The van der Waals surface area contributed by atoms with Gasteiger partial charge < -0.3 is 4.74 Å². The van der Waals surface area contributed by atoms with Crippen LogP contribution in [0.4, 0.5) is 0 Å². The first-order valence-electron chi connectivity index (χ1n) is 7.79. The lowest BCUT2D eigenvalue weighted by atomic mass is 10.1. The van der Waals surface area contributed by atoms with E-state index in [-0.39, 0.29) is 23.1 Å². The Labute approximate surface area is 141 Å². The molecular weight excluding hydrogens is 326 g/mol. The highest BCUT2D eigenvalue weighted by Gasteiger charge is 2.46. The van der Waals surface area contributed by atoms with E-state index in [4.69, 9.17) is 4.74 Å². The van der Waals surface area contributed by atoms with Gasteiger partial charge in [0.1, 0.15) is 0 Å². The summed E-state index contributed by atoms with van der Waals surface area (Å²) >= 11 is 0. The maximum absolute atomic E-state index is 12.9. The standard InChI is InChI=1S/C18H19NO4S/c1-3-23-18(20)15-9-4-5-10-17(15)24(21,22)19-12-16(19)14-8-6-7-13(2)11-14/h4-11,16H,3,12H2,1-2H3. The van der Waals surface area contributed by atoms with Crippen molar-refractivity contribution >= 4 is 16.0 Å². The van der Waals surface area contributed by atoms with Crippen LogP contribution in [-0.4, -0.2) is 31.8 Å². The van der Waals surface area contributed by atoms with Crippen LogP contribution in [0, 0.1) is 6.92 Å². The number of hydrogen-bond acceptors (Lipinski definition) is 4. The maximum Gasteiger partial charge on any atom is 0.339 e. The van der Waals surface area contributed by atoms with Crippen LogP contribution in [0.2, 0.25) is 0 Å². The number of aryl methyl sites for hydroxylation is 1. The molecule has 0 amide bonds. The van der Waals surface area contributed by atoms with E-state index >= 15 is 0 Å². The molecule has 0 aromatic heterocycles. The van der Waals surface area contributed by atoms with Crippen molar-refractivity contribution in [3.05, 3.63) is 65.2 Å². The van der Waals surface area contributed by atoms with Crippen LogP contribution in [0.15, 0.2) is 53.4 Å². The first kappa shape index (κ1) is 16.7. The van der Waals surface area contributed by atoms with Crippen molar-refractivity contribution in [1.82, 2.24) is 4.31 Å². The first-order valence-corrected chi connectivity index (χ1v) is 9.23. The summed E-state index contributed by atoms with van der Waals surface area (Å²) < 4.78 is 32.2. The van der Waals surface area contributed by atoms with Crippen LogP contribution in [0.25, 0.3) is 0 Å². The molecule has 2 aromatic carbocycles. The van der Waals surface area contributed by atoms with Crippen molar-refractivity contribution in [3.63, 3.8) is 0 Å². The molecule has 126 valence electrons. The minimum atomic E-state index is -3.74. The minimum Gasteiger partial charge on any atom is -0.462 e. The van der Waals surface area contributed by atoms with Crippen molar-refractivity contribution in [2.24, 2.45) is 0 Å². The summed E-state index contributed by atoms with van der Waals surface area (Å²) in [6.07, 6.45) is 0. The van der Waals surface area contributed by atoms with Crippen LogP contribution >= 0.6 is 0 Å². The number of rotatable bonds is 5. The topological polar surface area (TPSA) is 63.5 Å². The molecule has 3 rings (SSSR count). The highest BCUT2D eigenvalue weighted by Crippen LogP contribution is 2.41. The SMILES string of the molecule is CCOC(=O)c1ccccc1S(=O)(=O)N1CC1c1cccc(C)c1. The zero-order chi connectivity index (χ0) is 17.3. The van der Waals surface area contributed by atoms with E-state index in [2.05, 4.69) is 0 Å². The van der Waals surface area contributed by atoms with Gasteiger partial charge in [0, 0.05) is 6.54 Å². The summed E-state index contributed by atoms with van der Waals surface area (Å²) in [6, 6.07) is 13.8. The number of carbonyl (C=O) groups is 1. The normalized spacial score (nSPS) is 19.8. The molecule has 1 saturated heterocycles. The number of nitrogens with zero attached hydrogens (tertiary/aromatic N) is 1. The number of ether oxygens (including phenoxy) is 1. The fourth-order valence-corrected chi connectivity index (χ4v) is 4.46. The Balaban J connectivity index is 1.92. The third kappa shape index (κ3) is 3.07. The van der Waals surface area contributed by atoms with E-state index in [0.717, 1.165) is 11.1 Å². The zero-order valence-corrected chi connectivity index (χ0v) is 14.4. The Kier molecular flexibility index (Phi) is 4.43. The number of hydrogen-bond donors (Lipinski definition) is 0. The van der Waals surface area contributed by atoms with Gasteiger partial charge in [-0.1, -0.05) is 42.0 Å². The second kappa shape index (κ2) is 6.37. The van der Waals surface area contributed by atoms with Crippen LogP contribution < -0.4 is 0 Å². The monoisotopic (exact) mass is 345 g/mol. The molecule has 1 aliphatic rings. The van der Waals surface area contributed by atoms with E-state index in [1.54, 1.807) is 19.1 Å². The lowest BCUT2D eigenvalue weighted by molar-refractivity contribution is 0.0521. The van der Waals surface area contributed by atoms with Crippen molar-refractivity contribution in [2.45, 2.75) is 24.8 Å². The molecule has 0 bridgehead atoms. The Morgan fingerprint density at radius 1 is 1.21 bits per heavy atom. The minimum absolute atomic E-state index is 0.00129. The predicted octanol–water partition coefficient (Wildman–Crippen LogP) is 2.92. The average Bonchev–Trinajstić information content (AvgIpc) is 3.36. The van der Waals surface area contributed by atoms with Crippen molar-refractivity contribution < 1.29 is 17.9 Å². The number of esters is 1. The van der Waals surface area contributed by atoms with Crippen LogP contribution in [0.1, 0.15) is 34.5 Å². The molecule has 0 radical (unpaired) electrons. The van der Waals surface area contributed by atoms with E-state index in [0.29, 0.717) is 6.54 Å². The van der Waals surface area contributed by atoms with Gasteiger partial charge in [-0.3, -0.25) is 0 Å². The van der Waals surface area contributed by atoms with Crippen LogP contribution in [-0.2, 0) is 14.8 Å². The third-order valence-electron chi connectivity index (χ3n) is 3.96. The molecule has 24 heavy (non-hydrogen) atoms. The second-order valence-electron chi connectivity index (χ2n) is 5.72. The van der Waals surface area contributed by atoms with E-state index in [9.17, 15) is 13.2 Å². The molecule has 0 N–H and O–H groups in total. The Bertz CT molecular complexity index is 876. The van der Waals surface area contributed by atoms with E-state index in [1.165, 1.54) is 16.4 Å². The maximum atomic E-state index is 12.9. The summed E-state index contributed by atoms with van der Waals surface area (Å²) in [5.41, 5.74) is 2.13. The summed E-state index contributed by atoms with van der Waals surface area (Å²) in [6.45, 7) is 4.28. The van der Waals surface area contributed by atoms with Crippen LogP contribution in [0.3, 0.4) is 0 Å². The molecule has 1 heterocycles. The lowest BCUT2D eigenvalue weighted by Crippen LogP contribution is -2.18. The second-order valence-corrected chi connectivity index (χ2v) is 7.58. The first-order chi connectivity index (χ1) is 11.4. The molecular formula is C18H19NO4S.